The third kappa shape index (κ3) is 10.8. The number of nitrogens with zero attached hydrogens (tertiary/aromatic N) is 3. The average Bonchev–Trinajstić information content (AvgIpc) is 3.56. The molecule has 1 aliphatic carbocycles. The predicted molar refractivity (Wildman–Crippen MR) is 164 cm³/mol. The maximum Gasteiger partial charge on any atom is 0.416 e. The molecular formula is C33H39F3N6O. The Labute approximate surface area is 251 Å². The van der Waals surface area contributed by atoms with E-state index in [2.05, 4.69) is 45.0 Å². The van der Waals surface area contributed by atoms with Crippen LogP contribution in [0.25, 0.3) is 5.82 Å². The number of carbonyl (C=O) groups excluding carboxylic acids is 1. The highest BCUT2D eigenvalue weighted by Crippen LogP contribution is 2.29. The van der Waals surface area contributed by atoms with Crippen molar-refractivity contribution in [1.29, 1.82) is 0 Å². The Morgan fingerprint density at radius 1 is 0.884 bits per heavy atom. The Bertz CT molecular complexity index is 1390. The zero-order chi connectivity index (χ0) is 30.5. The molecule has 0 saturated heterocycles. The van der Waals surface area contributed by atoms with Crippen molar-refractivity contribution in [2.24, 2.45) is 5.92 Å². The molecule has 2 aromatic heterocycles. The number of nitrogens with one attached hydrogen (secondary N) is 3. The summed E-state index contributed by atoms with van der Waals surface area (Å²) in [5.74, 6) is 2.22. The topological polar surface area (TPSA) is 83.9 Å². The minimum Gasteiger partial charge on any atom is -0.361 e. The van der Waals surface area contributed by atoms with Crippen molar-refractivity contribution in [2.75, 3.05) is 23.7 Å². The number of anilines is 2. The molecule has 0 unspecified atom stereocenters. The lowest BCUT2D eigenvalue weighted by atomic mass is 9.91. The number of hydrogen-bond acceptors (Lipinski definition) is 5. The average molecular weight is 593 g/mol. The van der Waals surface area contributed by atoms with Crippen molar-refractivity contribution in [3.8, 4) is 5.82 Å². The smallest absolute Gasteiger partial charge is 0.361 e. The molecule has 4 aromatic rings. The van der Waals surface area contributed by atoms with Gasteiger partial charge in [0, 0.05) is 31.5 Å². The summed E-state index contributed by atoms with van der Waals surface area (Å²) in [6.45, 7) is 3.04. The normalized spacial score (nSPS) is 13.5. The lowest BCUT2D eigenvalue weighted by molar-refractivity contribution is -0.137. The standard InChI is InChI=1S/C26H25F3N6O.C7H14/c27-26(28,29)21-10-8-20(9-11-21)17-32-24(36)18-31-22-16-23(35-14-4-5-15-35)34-25(33-22)30-13-12-19-6-2-1-3-7-19;1-7-5-3-2-4-6-7/h1-11,14-16H,12-13,17-18H2,(H,32,36)(H2,30,31,33,34);7H,2-6H2,1H3. The summed E-state index contributed by atoms with van der Waals surface area (Å²) < 4.78 is 39.9. The summed E-state index contributed by atoms with van der Waals surface area (Å²) in [6, 6.07) is 20.2. The molecule has 10 heteroatoms. The summed E-state index contributed by atoms with van der Waals surface area (Å²) in [4.78, 5) is 21.3. The van der Waals surface area contributed by atoms with Crippen LogP contribution >= 0.6 is 0 Å². The molecule has 5 rings (SSSR count). The minimum atomic E-state index is -4.39. The molecule has 2 aromatic carbocycles. The van der Waals surface area contributed by atoms with Crippen LogP contribution in [0, 0.1) is 5.92 Å². The van der Waals surface area contributed by atoms with Gasteiger partial charge >= 0.3 is 6.18 Å². The zero-order valence-corrected chi connectivity index (χ0v) is 24.4. The van der Waals surface area contributed by atoms with E-state index >= 15 is 0 Å². The van der Waals surface area contributed by atoms with Gasteiger partial charge in [-0.2, -0.15) is 23.1 Å². The summed E-state index contributed by atoms with van der Waals surface area (Å²) in [6.07, 6.45) is 7.56. The van der Waals surface area contributed by atoms with E-state index in [1.807, 2.05) is 47.3 Å². The summed E-state index contributed by atoms with van der Waals surface area (Å²) in [7, 11) is 0. The van der Waals surface area contributed by atoms with Crippen molar-refractivity contribution >= 4 is 17.7 Å². The van der Waals surface area contributed by atoms with Gasteiger partial charge in [-0.3, -0.25) is 4.79 Å². The first-order valence-electron chi connectivity index (χ1n) is 14.7. The Hall–Kier alpha value is -4.34. The van der Waals surface area contributed by atoms with Crippen LogP contribution < -0.4 is 16.0 Å². The van der Waals surface area contributed by atoms with Crippen LogP contribution in [-0.2, 0) is 23.9 Å². The number of hydrogen-bond donors (Lipinski definition) is 3. The molecule has 1 fully saturated rings. The molecule has 0 bridgehead atoms. The minimum absolute atomic E-state index is 0.0633. The van der Waals surface area contributed by atoms with Gasteiger partial charge in [0.1, 0.15) is 11.6 Å². The van der Waals surface area contributed by atoms with Crippen molar-refractivity contribution < 1.29 is 18.0 Å². The molecule has 0 aliphatic heterocycles. The molecule has 228 valence electrons. The van der Waals surface area contributed by atoms with Crippen LogP contribution in [0.15, 0.2) is 85.2 Å². The van der Waals surface area contributed by atoms with E-state index in [0.717, 1.165) is 24.5 Å². The maximum atomic E-state index is 12.7. The summed E-state index contributed by atoms with van der Waals surface area (Å²) in [5, 5.41) is 8.91. The Balaban J connectivity index is 0.000000530. The van der Waals surface area contributed by atoms with Crippen molar-refractivity contribution in [2.45, 2.75) is 58.2 Å². The predicted octanol–water partition coefficient (Wildman–Crippen LogP) is 7.26. The van der Waals surface area contributed by atoms with Crippen LogP contribution in [0.4, 0.5) is 24.9 Å². The van der Waals surface area contributed by atoms with E-state index in [1.54, 1.807) is 6.07 Å². The lowest BCUT2D eigenvalue weighted by Gasteiger charge is -2.15. The second-order valence-electron chi connectivity index (χ2n) is 10.8. The molecule has 7 nitrogen and oxygen atoms in total. The first-order chi connectivity index (χ1) is 20.8. The number of amides is 1. The van der Waals surface area contributed by atoms with Gasteiger partial charge in [0.25, 0.3) is 0 Å². The largest absolute Gasteiger partial charge is 0.416 e. The number of carbonyl (C=O) groups is 1. The van der Waals surface area contributed by atoms with Crippen molar-refractivity contribution in [3.63, 3.8) is 0 Å². The van der Waals surface area contributed by atoms with Gasteiger partial charge in [-0.1, -0.05) is 81.5 Å². The van der Waals surface area contributed by atoms with E-state index in [4.69, 9.17) is 0 Å². The fourth-order valence-electron chi connectivity index (χ4n) is 4.74. The Morgan fingerprint density at radius 2 is 1.58 bits per heavy atom. The highest BCUT2D eigenvalue weighted by molar-refractivity contribution is 5.80. The fourth-order valence-corrected chi connectivity index (χ4v) is 4.74. The number of rotatable bonds is 10. The molecule has 2 heterocycles. The van der Waals surface area contributed by atoms with Gasteiger partial charge in [0.05, 0.1) is 12.1 Å². The van der Waals surface area contributed by atoms with Gasteiger partial charge in [-0.05, 0) is 47.7 Å². The van der Waals surface area contributed by atoms with Gasteiger partial charge in [-0.25, -0.2) is 0 Å². The molecule has 0 radical (unpaired) electrons. The zero-order valence-electron chi connectivity index (χ0n) is 24.4. The quantitative estimate of drug-likeness (QED) is 0.181. The highest BCUT2D eigenvalue weighted by atomic mass is 19.4. The number of alkyl halides is 3. The van der Waals surface area contributed by atoms with Crippen LogP contribution in [0.1, 0.15) is 55.7 Å². The molecule has 1 aliphatic rings. The molecule has 0 spiro atoms. The lowest BCUT2D eigenvalue weighted by Crippen LogP contribution is -2.29. The third-order valence-corrected chi connectivity index (χ3v) is 7.22. The molecular weight excluding hydrogens is 553 g/mol. The monoisotopic (exact) mass is 592 g/mol. The fraction of sp³-hybridized carbons (Fsp3) is 0.364. The molecule has 3 N–H and O–H groups in total. The van der Waals surface area contributed by atoms with E-state index in [9.17, 15) is 18.0 Å². The van der Waals surface area contributed by atoms with Gasteiger partial charge in [0.15, 0.2) is 0 Å². The van der Waals surface area contributed by atoms with Crippen LogP contribution in [-0.4, -0.2) is 33.5 Å². The number of aromatic nitrogens is 3. The van der Waals surface area contributed by atoms with Crippen molar-refractivity contribution in [1.82, 2.24) is 19.9 Å². The maximum absolute atomic E-state index is 12.7. The summed E-state index contributed by atoms with van der Waals surface area (Å²) in [5.41, 5.74) is 1.03. The van der Waals surface area contributed by atoms with E-state index in [0.29, 0.717) is 29.7 Å². The number of benzene rings is 2. The van der Waals surface area contributed by atoms with Crippen LogP contribution in [0.5, 0.6) is 0 Å². The van der Waals surface area contributed by atoms with Gasteiger partial charge in [0.2, 0.25) is 11.9 Å². The van der Waals surface area contributed by atoms with E-state index in [-0.39, 0.29) is 19.0 Å². The van der Waals surface area contributed by atoms with E-state index in [1.165, 1.54) is 49.8 Å². The van der Waals surface area contributed by atoms with Gasteiger partial charge < -0.3 is 20.5 Å². The second kappa shape index (κ2) is 15.8. The Morgan fingerprint density at radius 3 is 2.21 bits per heavy atom. The highest BCUT2D eigenvalue weighted by Gasteiger charge is 2.29. The molecule has 43 heavy (non-hydrogen) atoms. The van der Waals surface area contributed by atoms with Crippen molar-refractivity contribution in [3.05, 3.63) is 102 Å². The molecule has 1 amide bonds. The molecule has 1 saturated carbocycles. The van der Waals surface area contributed by atoms with E-state index < -0.39 is 11.7 Å². The second-order valence-corrected chi connectivity index (χ2v) is 10.8. The van der Waals surface area contributed by atoms with Gasteiger partial charge in [-0.15, -0.1) is 0 Å². The first-order valence-corrected chi connectivity index (χ1v) is 14.7. The third-order valence-electron chi connectivity index (χ3n) is 7.22. The first kappa shape index (κ1) is 31.6. The van der Waals surface area contributed by atoms with Crippen LogP contribution in [0.3, 0.4) is 0 Å². The number of halogens is 3. The Kier molecular flexibility index (Phi) is 11.6. The summed E-state index contributed by atoms with van der Waals surface area (Å²) >= 11 is 0. The molecule has 0 atom stereocenters. The van der Waals surface area contributed by atoms with Crippen LogP contribution in [0.2, 0.25) is 0 Å². The SMILES string of the molecule is CC1CCCCC1.O=C(CNc1cc(-n2cccc2)nc(NCCc2ccccc2)n1)NCc1ccc(C(F)(F)F)cc1.